The number of hydrogen-bond donors (Lipinski definition) is 1. The molecule has 0 saturated carbocycles. The van der Waals surface area contributed by atoms with Crippen molar-refractivity contribution in [3.05, 3.63) is 95.0 Å². The van der Waals surface area contributed by atoms with Crippen molar-refractivity contribution in [2.45, 2.75) is 32.1 Å². The second kappa shape index (κ2) is 10.4. The molecular formula is C26H21F2N5S. The third-order valence-corrected chi connectivity index (χ3v) is 5.89. The van der Waals surface area contributed by atoms with Gasteiger partial charge in [-0.05, 0) is 62.5 Å². The average molecular weight is 474 g/mol. The minimum absolute atomic E-state index is 0.281. The topological polar surface area (TPSA) is 63.6 Å². The molecule has 0 saturated heterocycles. The quantitative estimate of drug-likeness (QED) is 0.287. The van der Waals surface area contributed by atoms with E-state index in [9.17, 15) is 8.78 Å². The number of halogens is 2. The summed E-state index contributed by atoms with van der Waals surface area (Å²) in [6.07, 6.45) is 5.69. The highest BCUT2D eigenvalue weighted by Crippen LogP contribution is 2.27. The highest BCUT2D eigenvalue weighted by Gasteiger charge is 2.11. The minimum atomic E-state index is -0.630. The van der Waals surface area contributed by atoms with Crippen molar-refractivity contribution in [2.24, 2.45) is 0 Å². The number of pyridine rings is 2. The smallest absolute Gasteiger partial charge is 0.141 e. The Morgan fingerprint density at radius 1 is 0.971 bits per heavy atom. The van der Waals surface area contributed by atoms with Crippen LogP contribution >= 0.6 is 11.9 Å². The second-order valence-corrected chi connectivity index (χ2v) is 8.32. The number of benzene rings is 1. The Kier molecular flexibility index (Phi) is 7.14. The molecule has 1 aromatic carbocycles. The van der Waals surface area contributed by atoms with E-state index in [4.69, 9.17) is 0 Å². The zero-order valence-electron chi connectivity index (χ0n) is 18.9. The van der Waals surface area contributed by atoms with Crippen molar-refractivity contribution < 1.29 is 8.78 Å². The first kappa shape index (κ1) is 23.3. The van der Waals surface area contributed by atoms with Gasteiger partial charge in [0.25, 0.3) is 0 Å². The predicted molar refractivity (Wildman–Crippen MR) is 130 cm³/mol. The highest BCUT2D eigenvalue weighted by molar-refractivity contribution is 8.00. The van der Waals surface area contributed by atoms with Crippen LogP contribution in [0.3, 0.4) is 0 Å². The van der Waals surface area contributed by atoms with Gasteiger partial charge in [0, 0.05) is 35.3 Å². The largest absolute Gasteiger partial charge is 0.324 e. The van der Waals surface area contributed by atoms with Gasteiger partial charge in [-0.2, -0.15) is 0 Å². The van der Waals surface area contributed by atoms with Crippen molar-refractivity contribution in [1.82, 2.24) is 19.9 Å². The fourth-order valence-corrected chi connectivity index (χ4v) is 3.96. The van der Waals surface area contributed by atoms with E-state index >= 15 is 0 Å². The number of anilines is 1. The van der Waals surface area contributed by atoms with E-state index in [1.165, 1.54) is 12.1 Å². The summed E-state index contributed by atoms with van der Waals surface area (Å²) >= 11 is 1.05. The lowest BCUT2D eigenvalue weighted by molar-refractivity contribution is 0.566. The van der Waals surface area contributed by atoms with Gasteiger partial charge >= 0.3 is 0 Å². The second-order valence-electron chi connectivity index (χ2n) is 7.47. The van der Waals surface area contributed by atoms with Crippen molar-refractivity contribution in [3.63, 3.8) is 0 Å². The Morgan fingerprint density at radius 2 is 1.82 bits per heavy atom. The van der Waals surface area contributed by atoms with Gasteiger partial charge in [-0.3, -0.25) is 9.97 Å². The maximum Gasteiger partial charge on any atom is 0.141 e. The first-order chi connectivity index (χ1) is 16.4. The molecule has 0 bridgehead atoms. The van der Waals surface area contributed by atoms with Crippen LogP contribution in [-0.2, 0) is 6.42 Å². The van der Waals surface area contributed by atoms with Gasteiger partial charge in [0.15, 0.2) is 0 Å². The van der Waals surface area contributed by atoms with Crippen LogP contribution in [0.4, 0.5) is 14.5 Å². The van der Waals surface area contributed by atoms with Crippen LogP contribution in [0.15, 0.2) is 60.0 Å². The number of rotatable bonds is 5. The molecule has 0 atom stereocenters. The molecule has 4 aromatic rings. The van der Waals surface area contributed by atoms with E-state index in [-0.39, 0.29) is 4.90 Å². The van der Waals surface area contributed by atoms with E-state index in [1.54, 1.807) is 18.7 Å². The van der Waals surface area contributed by atoms with Crippen LogP contribution in [-0.4, -0.2) is 19.9 Å². The Hall–Kier alpha value is -3.83. The normalized spacial score (nSPS) is 10.5. The summed E-state index contributed by atoms with van der Waals surface area (Å²) in [7, 11) is 0. The van der Waals surface area contributed by atoms with Gasteiger partial charge in [-0.25, -0.2) is 18.7 Å². The summed E-state index contributed by atoms with van der Waals surface area (Å²) in [5.74, 6) is 5.15. The fourth-order valence-electron chi connectivity index (χ4n) is 3.24. The Morgan fingerprint density at radius 3 is 2.59 bits per heavy atom. The summed E-state index contributed by atoms with van der Waals surface area (Å²) in [5, 5.41) is 0. The maximum absolute atomic E-state index is 14.0. The molecule has 34 heavy (non-hydrogen) atoms. The number of nitrogens with zero attached hydrogens (tertiary/aromatic N) is 4. The lowest BCUT2D eigenvalue weighted by Crippen LogP contribution is -2.00. The molecule has 0 fully saturated rings. The molecule has 4 rings (SSSR count). The zero-order chi connectivity index (χ0) is 24.1. The molecule has 170 valence electrons. The number of nitrogens with one attached hydrogen (secondary N) is 1. The van der Waals surface area contributed by atoms with E-state index in [0.29, 0.717) is 17.7 Å². The molecule has 0 unspecified atom stereocenters. The summed E-state index contributed by atoms with van der Waals surface area (Å²) in [4.78, 5) is 17.8. The van der Waals surface area contributed by atoms with Gasteiger partial charge in [0.05, 0.1) is 33.2 Å². The van der Waals surface area contributed by atoms with Crippen LogP contribution < -0.4 is 4.72 Å². The van der Waals surface area contributed by atoms with E-state index < -0.39 is 11.6 Å². The number of aromatic nitrogens is 4. The summed E-state index contributed by atoms with van der Waals surface area (Å²) < 4.78 is 30.2. The number of hydrogen-bond acceptors (Lipinski definition) is 6. The highest BCUT2D eigenvalue weighted by atomic mass is 32.2. The molecule has 3 aromatic heterocycles. The molecule has 5 nitrogen and oxygen atoms in total. The molecule has 3 heterocycles. The third kappa shape index (κ3) is 5.38. The SMILES string of the molecule is CCc1ncnc(-c2ccnc(C)c2)c1C#Cc1cnc(C)c(NSc2ccc(F)cc2F)c1. The van der Waals surface area contributed by atoms with E-state index in [0.717, 1.165) is 51.9 Å². The Labute approximate surface area is 201 Å². The van der Waals surface area contributed by atoms with E-state index in [2.05, 4.69) is 36.5 Å². The molecule has 1 N–H and O–H groups in total. The van der Waals surface area contributed by atoms with Crippen molar-refractivity contribution in [3.8, 4) is 23.1 Å². The predicted octanol–water partition coefficient (Wildman–Crippen LogP) is 5.91. The monoisotopic (exact) mass is 473 g/mol. The average Bonchev–Trinajstić information content (AvgIpc) is 2.83. The minimum Gasteiger partial charge on any atom is -0.324 e. The Balaban J connectivity index is 1.65. The summed E-state index contributed by atoms with van der Waals surface area (Å²) in [6.45, 7) is 5.79. The molecule has 8 heteroatoms. The molecule has 0 aliphatic heterocycles. The molecule has 0 radical (unpaired) electrons. The van der Waals surface area contributed by atoms with Gasteiger partial charge in [-0.15, -0.1) is 0 Å². The number of aryl methyl sites for hydroxylation is 3. The lowest BCUT2D eigenvalue weighted by atomic mass is 10.0. The van der Waals surface area contributed by atoms with Crippen LogP contribution in [0.2, 0.25) is 0 Å². The molecule has 0 aliphatic carbocycles. The maximum atomic E-state index is 14.0. The van der Waals surface area contributed by atoms with Crippen molar-refractivity contribution in [1.29, 1.82) is 0 Å². The van der Waals surface area contributed by atoms with Crippen molar-refractivity contribution >= 4 is 17.6 Å². The summed E-state index contributed by atoms with van der Waals surface area (Å²) in [6, 6.07) is 9.17. The molecular weight excluding hydrogens is 452 g/mol. The van der Waals surface area contributed by atoms with E-state index in [1.807, 2.05) is 39.0 Å². The first-order valence-corrected chi connectivity index (χ1v) is 11.4. The third-order valence-electron chi connectivity index (χ3n) is 5.01. The van der Waals surface area contributed by atoms with Crippen LogP contribution in [0.5, 0.6) is 0 Å². The Bertz CT molecular complexity index is 1410. The van der Waals surface area contributed by atoms with Gasteiger partial charge in [-0.1, -0.05) is 18.8 Å². The van der Waals surface area contributed by atoms with Crippen molar-refractivity contribution in [2.75, 3.05) is 4.72 Å². The van der Waals surface area contributed by atoms with Gasteiger partial charge in [0.1, 0.15) is 18.0 Å². The van der Waals surface area contributed by atoms with Gasteiger partial charge in [0.2, 0.25) is 0 Å². The molecule has 0 spiro atoms. The zero-order valence-corrected chi connectivity index (χ0v) is 19.7. The first-order valence-electron chi connectivity index (χ1n) is 10.6. The molecule has 0 amide bonds. The lowest BCUT2D eigenvalue weighted by Gasteiger charge is -2.09. The van der Waals surface area contributed by atoms with Crippen LogP contribution in [0.25, 0.3) is 11.3 Å². The summed E-state index contributed by atoms with van der Waals surface area (Å²) in [5.41, 5.74) is 6.27. The van der Waals surface area contributed by atoms with Gasteiger partial charge < -0.3 is 4.72 Å². The standard InChI is InChI=1S/C26H21F2N5S/c1-4-23-21(26(32-15-31-23)19-9-10-29-16(2)11-19)7-5-18-12-24(17(3)30-14-18)33-34-25-8-6-20(27)13-22(25)28/h6,8-15,33H,4H2,1-3H3. The fraction of sp³-hybridized carbons (Fsp3) is 0.154. The molecule has 0 aliphatic rings. The van der Waals surface area contributed by atoms with Crippen LogP contribution in [0, 0.1) is 37.3 Å². The van der Waals surface area contributed by atoms with Crippen LogP contribution in [0.1, 0.15) is 35.1 Å².